The molecular formula is C18H16F3N5O2. The molecule has 7 nitrogen and oxygen atoms in total. The Balaban J connectivity index is 1.65. The number of carbonyl (C=O) groups excluding carboxylic acids is 1. The molecule has 0 saturated carbocycles. The lowest BCUT2D eigenvalue weighted by atomic mass is 10.1. The largest absolute Gasteiger partial charge is 0.471 e. The van der Waals surface area contributed by atoms with Crippen LogP contribution in [0.25, 0.3) is 11.3 Å². The van der Waals surface area contributed by atoms with Gasteiger partial charge in [-0.25, -0.2) is 9.67 Å². The molecule has 0 bridgehead atoms. The Morgan fingerprint density at radius 2 is 1.93 bits per heavy atom. The number of pyridine rings is 1. The molecule has 146 valence electrons. The van der Waals surface area contributed by atoms with Crippen molar-refractivity contribution in [2.45, 2.75) is 12.8 Å². The Morgan fingerprint density at radius 3 is 2.57 bits per heavy atom. The number of nitrogens with one attached hydrogen (secondary N) is 1. The molecule has 0 atom stereocenters. The van der Waals surface area contributed by atoms with Crippen LogP contribution in [0.1, 0.15) is 16.1 Å². The van der Waals surface area contributed by atoms with Gasteiger partial charge in [-0.3, -0.25) is 4.79 Å². The molecule has 3 rings (SSSR count). The SMILES string of the molecule is Cn1nnc(-c2ccccc2)c1COc1ccc(C(=O)NCC(F)(F)F)cn1. The molecule has 0 aliphatic heterocycles. The van der Waals surface area contributed by atoms with Gasteiger partial charge in [-0.15, -0.1) is 5.10 Å². The van der Waals surface area contributed by atoms with Crippen LogP contribution in [-0.4, -0.2) is 38.6 Å². The van der Waals surface area contributed by atoms with Crippen LogP contribution < -0.4 is 10.1 Å². The van der Waals surface area contributed by atoms with Gasteiger partial charge in [0.1, 0.15) is 24.5 Å². The fourth-order valence-corrected chi connectivity index (χ4v) is 2.38. The standard InChI is InChI=1S/C18H16F3N5O2/c1-26-14(16(24-25-26)12-5-3-2-4-6-12)10-28-15-8-7-13(9-22-15)17(27)23-11-18(19,20)21/h2-9H,10-11H2,1H3,(H,23,27). The van der Waals surface area contributed by atoms with Gasteiger partial charge in [0.15, 0.2) is 0 Å². The Kier molecular flexibility index (Phi) is 5.57. The normalized spacial score (nSPS) is 11.3. The van der Waals surface area contributed by atoms with Gasteiger partial charge in [0.2, 0.25) is 5.88 Å². The summed E-state index contributed by atoms with van der Waals surface area (Å²) < 4.78 is 43.7. The van der Waals surface area contributed by atoms with E-state index < -0.39 is 18.6 Å². The van der Waals surface area contributed by atoms with Gasteiger partial charge in [0.25, 0.3) is 5.91 Å². The van der Waals surface area contributed by atoms with Gasteiger partial charge in [-0.1, -0.05) is 35.5 Å². The summed E-state index contributed by atoms with van der Waals surface area (Å²) >= 11 is 0. The van der Waals surface area contributed by atoms with Crippen molar-refractivity contribution in [3.63, 3.8) is 0 Å². The monoisotopic (exact) mass is 391 g/mol. The highest BCUT2D eigenvalue weighted by Crippen LogP contribution is 2.21. The summed E-state index contributed by atoms with van der Waals surface area (Å²) in [6.07, 6.45) is -3.32. The Bertz CT molecular complexity index is 940. The van der Waals surface area contributed by atoms with E-state index in [1.54, 1.807) is 17.0 Å². The number of alkyl halides is 3. The Labute approximate surface area is 158 Å². The van der Waals surface area contributed by atoms with Crippen molar-refractivity contribution >= 4 is 5.91 Å². The first-order chi connectivity index (χ1) is 13.3. The van der Waals surface area contributed by atoms with Crippen LogP contribution in [0, 0.1) is 0 Å². The average molecular weight is 391 g/mol. The van der Waals surface area contributed by atoms with Crippen molar-refractivity contribution in [3.8, 4) is 17.1 Å². The molecule has 0 spiro atoms. The van der Waals surface area contributed by atoms with E-state index in [4.69, 9.17) is 4.74 Å². The first kappa shape index (κ1) is 19.3. The molecule has 10 heteroatoms. The molecule has 0 saturated heterocycles. The van der Waals surface area contributed by atoms with E-state index in [0.717, 1.165) is 17.5 Å². The van der Waals surface area contributed by atoms with Crippen LogP contribution in [0.3, 0.4) is 0 Å². The number of ether oxygens (including phenoxy) is 1. The number of amides is 1. The van der Waals surface area contributed by atoms with Gasteiger partial charge in [0.05, 0.1) is 5.56 Å². The second kappa shape index (κ2) is 8.07. The molecule has 2 heterocycles. The highest BCUT2D eigenvalue weighted by Gasteiger charge is 2.28. The number of halogens is 3. The number of nitrogens with zero attached hydrogens (tertiary/aromatic N) is 4. The van der Waals surface area contributed by atoms with E-state index in [2.05, 4.69) is 15.3 Å². The van der Waals surface area contributed by atoms with Crippen molar-refractivity contribution in [1.29, 1.82) is 0 Å². The number of aromatic nitrogens is 4. The predicted molar refractivity (Wildman–Crippen MR) is 93.4 cm³/mol. The minimum absolute atomic E-state index is 0.00349. The van der Waals surface area contributed by atoms with Crippen LogP contribution in [0.15, 0.2) is 48.7 Å². The van der Waals surface area contributed by atoms with Gasteiger partial charge in [-0.05, 0) is 6.07 Å². The number of rotatable bonds is 6. The van der Waals surface area contributed by atoms with Crippen LogP contribution in [-0.2, 0) is 13.7 Å². The molecule has 1 aromatic carbocycles. The maximum atomic E-state index is 12.2. The van der Waals surface area contributed by atoms with E-state index in [1.807, 2.05) is 30.3 Å². The first-order valence-electron chi connectivity index (χ1n) is 8.21. The number of benzene rings is 1. The number of hydrogen-bond donors (Lipinski definition) is 1. The van der Waals surface area contributed by atoms with Crippen molar-refractivity contribution < 1.29 is 22.7 Å². The predicted octanol–water partition coefficient (Wildman–Crippen LogP) is 2.75. The molecule has 0 aliphatic carbocycles. The van der Waals surface area contributed by atoms with Crippen molar-refractivity contribution in [1.82, 2.24) is 25.3 Å². The summed E-state index contributed by atoms with van der Waals surface area (Å²) in [4.78, 5) is 15.6. The zero-order chi connectivity index (χ0) is 20.1. The zero-order valence-electron chi connectivity index (χ0n) is 14.8. The van der Waals surface area contributed by atoms with Gasteiger partial charge >= 0.3 is 6.18 Å². The molecule has 0 radical (unpaired) electrons. The molecule has 28 heavy (non-hydrogen) atoms. The highest BCUT2D eigenvalue weighted by atomic mass is 19.4. The summed E-state index contributed by atoms with van der Waals surface area (Å²) in [7, 11) is 1.74. The smallest absolute Gasteiger partial charge is 0.405 e. The average Bonchev–Trinajstić information content (AvgIpc) is 3.05. The summed E-state index contributed by atoms with van der Waals surface area (Å²) in [6, 6.07) is 12.2. The number of hydrogen-bond acceptors (Lipinski definition) is 5. The van der Waals surface area contributed by atoms with Crippen LogP contribution >= 0.6 is 0 Å². The maximum absolute atomic E-state index is 12.2. The third kappa shape index (κ3) is 4.84. The van der Waals surface area contributed by atoms with E-state index in [1.165, 1.54) is 12.1 Å². The van der Waals surface area contributed by atoms with Gasteiger partial charge < -0.3 is 10.1 Å². The van der Waals surface area contributed by atoms with Crippen LogP contribution in [0.5, 0.6) is 5.88 Å². The van der Waals surface area contributed by atoms with Gasteiger partial charge in [0, 0.05) is 24.9 Å². The van der Waals surface area contributed by atoms with Crippen molar-refractivity contribution in [3.05, 3.63) is 59.9 Å². The second-order valence-electron chi connectivity index (χ2n) is 5.85. The number of carbonyl (C=O) groups is 1. The summed E-state index contributed by atoms with van der Waals surface area (Å²) in [6.45, 7) is -1.28. The molecule has 3 aromatic rings. The molecule has 1 amide bonds. The maximum Gasteiger partial charge on any atom is 0.405 e. The minimum Gasteiger partial charge on any atom is -0.471 e. The fraction of sp³-hybridized carbons (Fsp3) is 0.222. The van der Waals surface area contributed by atoms with E-state index >= 15 is 0 Å². The lowest BCUT2D eigenvalue weighted by molar-refractivity contribution is -0.123. The van der Waals surface area contributed by atoms with Gasteiger partial charge in [-0.2, -0.15) is 13.2 Å². The minimum atomic E-state index is -4.47. The third-order valence-electron chi connectivity index (χ3n) is 3.79. The fourth-order valence-electron chi connectivity index (χ4n) is 2.38. The Morgan fingerprint density at radius 1 is 1.18 bits per heavy atom. The summed E-state index contributed by atoms with van der Waals surface area (Å²) in [5, 5.41) is 9.93. The molecule has 0 fully saturated rings. The Hall–Kier alpha value is -3.43. The molecule has 0 aliphatic rings. The van der Waals surface area contributed by atoms with E-state index in [9.17, 15) is 18.0 Å². The molecule has 0 unspecified atom stereocenters. The molecular weight excluding hydrogens is 375 g/mol. The second-order valence-corrected chi connectivity index (χ2v) is 5.85. The van der Waals surface area contributed by atoms with E-state index in [-0.39, 0.29) is 18.1 Å². The van der Waals surface area contributed by atoms with Crippen molar-refractivity contribution in [2.75, 3.05) is 6.54 Å². The summed E-state index contributed by atoms with van der Waals surface area (Å²) in [5.74, 6) is -0.647. The lowest BCUT2D eigenvalue weighted by Gasteiger charge is -2.09. The molecule has 2 aromatic heterocycles. The quantitative estimate of drug-likeness (QED) is 0.699. The summed E-state index contributed by atoms with van der Waals surface area (Å²) in [5.41, 5.74) is 2.29. The first-order valence-corrected chi connectivity index (χ1v) is 8.21. The van der Waals surface area contributed by atoms with E-state index in [0.29, 0.717) is 5.69 Å². The van der Waals surface area contributed by atoms with Crippen molar-refractivity contribution in [2.24, 2.45) is 7.05 Å². The highest BCUT2D eigenvalue weighted by molar-refractivity contribution is 5.93. The number of aryl methyl sites for hydroxylation is 1. The van der Waals surface area contributed by atoms with Crippen LogP contribution in [0.2, 0.25) is 0 Å². The third-order valence-corrected chi connectivity index (χ3v) is 3.79. The van der Waals surface area contributed by atoms with Crippen LogP contribution in [0.4, 0.5) is 13.2 Å². The molecule has 1 N–H and O–H groups in total. The topological polar surface area (TPSA) is 81.9 Å². The lowest BCUT2D eigenvalue weighted by Crippen LogP contribution is -2.33. The zero-order valence-corrected chi connectivity index (χ0v) is 14.8.